The number of thiophene rings is 1. The van der Waals surface area contributed by atoms with Gasteiger partial charge in [-0.3, -0.25) is 4.90 Å². The van der Waals surface area contributed by atoms with Crippen LogP contribution in [-0.4, -0.2) is 18.0 Å². The maximum atomic E-state index is 5.91. The van der Waals surface area contributed by atoms with Gasteiger partial charge in [-0.05, 0) is 55.8 Å². The Hall–Kier alpha value is -0.830. The van der Waals surface area contributed by atoms with E-state index >= 15 is 0 Å². The lowest BCUT2D eigenvalue weighted by atomic mass is 10.2. The van der Waals surface area contributed by atoms with Gasteiger partial charge in [0, 0.05) is 21.3 Å². The number of rotatable bonds is 3. The minimum Gasteiger partial charge on any atom is -0.298 e. The predicted molar refractivity (Wildman–Crippen MR) is 79.3 cm³/mol. The summed E-state index contributed by atoms with van der Waals surface area (Å²) in [5.74, 6) is 0. The number of hydrogen-bond acceptors (Lipinski definition) is 2. The number of benzene rings is 1. The minimum absolute atomic E-state index is 0.799. The molecule has 1 saturated heterocycles. The summed E-state index contributed by atoms with van der Waals surface area (Å²) in [6.07, 6.45) is 2.71. The second kappa shape index (κ2) is 5.43. The van der Waals surface area contributed by atoms with Crippen LogP contribution >= 0.6 is 22.9 Å². The Kier molecular flexibility index (Phi) is 3.69. The lowest BCUT2D eigenvalue weighted by molar-refractivity contribution is 0.334. The lowest BCUT2D eigenvalue weighted by Gasteiger charge is -2.12. The molecule has 0 radical (unpaired) electrons. The molecular formula is C15H16ClNS. The summed E-state index contributed by atoms with van der Waals surface area (Å²) >= 11 is 7.81. The van der Waals surface area contributed by atoms with E-state index in [0.717, 1.165) is 11.6 Å². The van der Waals surface area contributed by atoms with Gasteiger partial charge in [-0.25, -0.2) is 0 Å². The highest BCUT2D eigenvalue weighted by molar-refractivity contribution is 7.15. The van der Waals surface area contributed by atoms with Gasteiger partial charge in [0.15, 0.2) is 0 Å². The summed E-state index contributed by atoms with van der Waals surface area (Å²) < 4.78 is 0. The summed E-state index contributed by atoms with van der Waals surface area (Å²) in [5, 5.41) is 0.799. The van der Waals surface area contributed by atoms with E-state index in [1.807, 2.05) is 23.5 Å². The van der Waals surface area contributed by atoms with E-state index in [1.54, 1.807) is 0 Å². The van der Waals surface area contributed by atoms with Gasteiger partial charge in [0.05, 0.1) is 0 Å². The van der Waals surface area contributed by atoms with Gasteiger partial charge < -0.3 is 0 Å². The molecule has 18 heavy (non-hydrogen) atoms. The third-order valence-electron chi connectivity index (χ3n) is 3.37. The molecule has 0 aliphatic carbocycles. The van der Waals surface area contributed by atoms with Crippen molar-refractivity contribution in [2.75, 3.05) is 13.1 Å². The van der Waals surface area contributed by atoms with E-state index in [9.17, 15) is 0 Å². The minimum atomic E-state index is 0.799. The molecular weight excluding hydrogens is 262 g/mol. The Balaban J connectivity index is 1.74. The zero-order chi connectivity index (χ0) is 12.4. The molecule has 0 atom stereocenters. The van der Waals surface area contributed by atoms with E-state index < -0.39 is 0 Å². The van der Waals surface area contributed by atoms with Gasteiger partial charge in [0.1, 0.15) is 0 Å². The molecule has 0 spiro atoms. The fraction of sp³-hybridized carbons (Fsp3) is 0.333. The normalized spacial score (nSPS) is 16.3. The summed E-state index contributed by atoms with van der Waals surface area (Å²) in [5.41, 5.74) is 1.26. The van der Waals surface area contributed by atoms with Crippen molar-refractivity contribution in [1.82, 2.24) is 4.90 Å². The smallest absolute Gasteiger partial charge is 0.0406 e. The van der Waals surface area contributed by atoms with Crippen LogP contribution in [0, 0.1) is 0 Å². The van der Waals surface area contributed by atoms with Crippen molar-refractivity contribution >= 4 is 22.9 Å². The van der Waals surface area contributed by atoms with Crippen LogP contribution < -0.4 is 0 Å². The molecule has 1 aromatic carbocycles. The highest BCUT2D eigenvalue weighted by Gasteiger charge is 2.13. The highest BCUT2D eigenvalue weighted by atomic mass is 35.5. The molecule has 2 heterocycles. The molecule has 3 rings (SSSR count). The molecule has 1 aliphatic heterocycles. The molecule has 3 heteroatoms. The second-order valence-corrected chi connectivity index (χ2v) is 6.36. The van der Waals surface area contributed by atoms with Crippen molar-refractivity contribution in [2.45, 2.75) is 19.4 Å². The third kappa shape index (κ3) is 2.77. The van der Waals surface area contributed by atoms with Crippen molar-refractivity contribution < 1.29 is 0 Å². The zero-order valence-electron chi connectivity index (χ0n) is 10.2. The first kappa shape index (κ1) is 12.2. The van der Waals surface area contributed by atoms with Gasteiger partial charge in [0.25, 0.3) is 0 Å². The average Bonchev–Trinajstić information content (AvgIpc) is 3.02. The van der Waals surface area contributed by atoms with E-state index in [1.165, 1.54) is 41.2 Å². The molecule has 1 fully saturated rings. The van der Waals surface area contributed by atoms with Gasteiger partial charge in [-0.1, -0.05) is 23.7 Å². The molecule has 1 aromatic heterocycles. The topological polar surface area (TPSA) is 3.24 Å². The van der Waals surface area contributed by atoms with Crippen LogP contribution in [0.4, 0.5) is 0 Å². The van der Waals surface area contributed by atoms with Crippen LogP contribution in [0.2, 0.25) is 5.02 Å². The fourth-order valence-electron chi connectivity index (χ4n) is 2.39. The van der Waals surface area contributed by atoms with Crippen molar-refractivity contribution in [3.8, 4) is 10.4 Å². The average molecular weight is 278 g/mol. The predicted octanol–water partition coefficient (Wildman–Crippen LogP) is 4.66. The Labute approximate surface area is 117 Å². The summed E-state index contributed by atoms with van der Waals surface area (Å²) in [6, 6.07) is 12.6. The molecule has 0 unspecified atom stereocenters. The molecule has 94 valence electrons. The molecule has 1 nitrogen and oxygen atoms in total. The van der Waals surface area contributed by atoms with Crippen LogP contribution in [0.5, 0.6) is 0 Å². The summed E-state index contributed by atoms with van der Waals surface area (Å²) in [6.45, 7) is 3.63. The maximum Gasteiger partial charge on any atom is 0.0406 e. The molecule has 1 aliphatic rings. The summed E-state index contributed by atoms with van der Waals surface area (Å²) in [4.78, 5) is 5.33. The third-order valence-corrected chi connectivity index (χ3v) is 4.74. The molecule has 0 bridgehead atoms. The first-order chi connectivity index (χ1) is 8.81. The molecule has 2 aromatic rings. The lowest BCUT2D eigenvalue weighted by Crippen LogP contribution is -2.17. The largest absolute Gasteiger partial charge is 0.298 e. The number of likely N-dealkylation sites (tertiary alicyclic amines) is 1. The van der Waals surface area contributed by atoms with Crippen LogP contribution in [0.1, 0.15) is 17.7 Å². The van der Waals surface area contributed by atoms with E-state index in [0.29, 0.717) is 0 Å². The Morgan fingerprint density at radius 2 is 1.72 bits per heavy atom. The van der Waals surface area contributed by atoms with Crippen molar-refractivity contribution in [3.63, 3.8) is 0 Å². The molecule has 0 N–H and O–H groups in total. The van der Waals surface area contributed by atoms with Crippen LogP contribution in [-0.2, 0) is 6.54 Å². The SMILES string of the molecule is Clc1ccc(-c2ccc(CN3CCCC3)s2)cc1. The number of nitrogens with zero attached hydrogens (tertiary/aromatic N) is 1. The standard InChI is InChI=1S/C15H16ClNS/c16-13-5-3-12(4-6-13)15-8-7-14(18-15)11-17-9-1-2-10-17/h3-8H,1-2,9-11H2. The Morgan fingerprint density at radius 1 is 1.00 bits per heavy atom. The molecule has 0 amide bonds. The Bertz CT molecular complexity index is 512. The monoisotopic (exact) mass is 277 g/mol. The van der Waals surface area contributed by atoms with E-state index in [4.69, 9.17) is 11.6 Å². The van der Waals surface area contributed by atoms with Gasteiger partial charge in [-0.15, -0.1) is 11.3 Å². The summed E-state index contributed by atoms with van der Waals surface area (Å²) in [7, 11) is 0. The first-order valence-electron chi connectivity index (χ1n) is 6.38. The van der Waals surface area contributed by atoms with Crippen molar-refractivity contribution in [2.24, 2.45) is 0 Å². The van der Waals surface area contributed by atoms with Gasteiger partial charge in [0.2, 0.25) is 0 Å². The number of halogens is 1. The zero-order valence-corrected chi connectivity index (χ0v) is 11.8. The van der Waals surface area contributed by atoms with Crippen molar-refractivity contribution in [1.29, 1.82) is 0 Å². The van der Waals surface area contributed by atoms with Gasteiger partial charge in [-0.2, -0.15) is 0 Å². The van der Waals surface area contributed by atoms with Crippen molar-refractivity contribution in [3.05, 3.63) is 46.3 Å². The van der Waals surface area contributed by atoms with Crippen LogP contribution in [0.15, 0.2) is 36.4 Å². The molecule has 0 saturated carbocycles. The van der Waals surface area contributed by atoms with Crippen LogP contribution in [0.3, 0.4) is 0 Å². The Morgan fingerprint density at radius 3 is 2.44 bits per heavy atom. The first-order valence-corrected chi connectivity index (χ1v) is 7.58. The highest BCUT2D eigenvalue weighted by Crippen LogP contribution is 2.30. The fourth-order valence-corrected chi connectivity index (χ4v) is 3.57. The van der Waals surface area contributed by atoms with E-state index in [2.05, 4.69) is 29.2 Å². The quantitative estimate of drug-likeness (QED) is 0.788. The second-order valence-electron chi connectivity index (χ2n) is 4.76. The maximum absolute atomic E-state index is 5.91. The van der Waals surface area contributed by atoms with Crippen LogP contribution in [0.25, 0.3) is 10.4 Å². The van der Waals surface area contributed by atoms with Gasteiger partial charge >= 0.3 is 0 Å². The number of hydrogen-bond donors (Lipinski definition) is 0. The van der Waals surface area contributed by atoms with E-state index in [-0.39, 0.29) is 0 Å².